The molecule has 0 saturated heterocycles. The molecule has 1 atom stereocenters. The van der Waals surface area contributed by atoms with Crippen LogP contribution in [0.2, 0.25) is 0 Å². The standard InChI is InChI=1S/C13H24O4/c1-5-6-7-13(4,11(16)17)9-8-12(2,3)10(14)15/h5-9H2,1-4H3,(H,14,15)(H,16,17). The van der Waals surface area contributed by atoms with Crippen LogP contribution in [0.5, 0.6) is 0 Å². The third kappa shape index (κ3) is 4.75. The van der Waals surface area contributed by atoms with Gasteiger partial charge in [-0.25, -0.2) is 0 Å². The van der Waals surface area contributed by atoms with Crippen molar-refractivity contribution in [2.75, 3.05) is 0 Å². The van der Waals surface area contributed by atoms with E-state index in [0.29, 0.717) is 19.3 Å². The van der Waals surface area contributed by atoms with Gasteiger partial charge < -0.3 is 10.2 Å². The fourth-order valence-electron chi connectivity index (χ4n) is 1.60. The zero-order chi connectivity index (χ0) is 13.7. The largest absolute Gasteiger partial charge is 0.481 e. The number of carboxylic acid groups (broad SMARTS) is 2. The highest BCUT2D eigenvalue weighted by molar-refractivity contribution is 5.75. The average Bonchev–Trinajstić information content (AvgIpc) is 2.23. The van der Waals surface area contributed by atoms with Crippen molar-refractivity contribution in [3.05, 3.63) is 0 Å². The molecular weight excluding hydrogens is 220 g/mol. The first-order valence-electron chi connectivity index (χ1n) is 6.12. The first-order valence-corrected chi connectivity index (χ1v) is 6.12. The maximum atomic E-state index is 11.3. The summed E-state index contributed by atoms with van der Waals surface area (Å²) in [5.74, 6) is -1.70. The van der Waals surface area contributed by atoms with Gasteiger partial charge in [0.15, 0.2) is 0 Å². The molecule has 100 valence electrons. The quantitative estimate of drug-likeness (QED) is 0.687. The molecule has 0 fully saturated rings. The molecule has 0 rings (SSSR count). The Bertz CT molecular complexity index is 283. The molecule has 0 aliphatic carbocycles. The Morgan fingerprint density at radius 2 is 1.47 bits per heavy atom. The zero-order valence-corrected chi connectivity index (χ0v) is 11.2. The summed E-state index contributed by atoms with van der Waals surface area (Å²) >= 11 is 0. The van der Waals surface area contributed by atoms with Gasteiger partial charge in [-0.3, -0.25) is 9.59 Å². The lowest BCUT2D eigenvalue weighted by molar-refractivity contribution is -0.152. The van der Waals surface area contributed by atoms with Crippen molar-refractivity contribution >= 4 is 11.9 Å². The molecule has 0 heterocycles. The Morgan fingerprint density at radius 1 is 0.941 bits per heavy atom. The summed E-state index contributed by atoms with van der Waals surface area (Å²) in [6.45, 7) is 7.00. The van der Waals surface area contributed by atoms with Gasteiger partial charge >= 0.3 is 11.9 Å². The summed E-state index contributed by atoms with van der Waals surface area (Å²) in [4.78, 5) is 22.2. The van der Waals surface area contributed by atoms with Crippen LogP contribution >= 0.6 is 0 Å². The van der Waals surface area contributed by atoms with Gasteiger partial charge in [0.25, 0.3) is 0 Å². The van der Waals surface area contributed by atoms with E-state index in [0.717, 1.165) is 12.8 Å². The number of carboxylic acids is 2. The van der Waals surface area contributed by atoms with Gasteiger partial charge in [0.1, 0.15) is 0 Å². The van der Waals surface area contributed by atoms with Crippen molar-refractivity contribution in [2.45, 2.75) is 59.8 Å². The van der Waals surface area contributed by atoms with Crippen LogP contribution in [0, 0.1) is 10.8 Å². The first kappa shape index (κ1) is 15.9. The Hall–Kier alpha value is -1.06. The third-order valence-corrected chi connectivity index (χ3v) is 3.48. The highest BCUT2D eigenvalue weighted by atomic mass is 16.4. The molecule has 1 unspecified atom stereocenters. The molecule has 4 heteroatoms. The van der Waals surface area contributed by atoms with Crippen LogP contribution in [0.1, 0.15) is 59.8 Å². The van der Waals surface area contributed by atoms with Crippen LogP contribution in [-0.2, 0) is 9.59 Å². The highest BCUT2D eigenvalue weighted by Gasteiger charge is 2.36. The van der Waals surface area contributed by atoms with Crippen LogP contribution in [-0.4, -0.2) is 22.2 Å². The molecule has 0 aliphatic rings. The summed E-state index contributed by atoms with van der Waals surface area (Å²) in [7, 11) is 0. The lowest BCUT2D eigenvalue weighted by atomic mass is 9.75. The molecule has 0 saturated carbocycles. The summed E-state index contributed by atoms with van der Waals surface area (Å²) in [6, 6.07) is 0. The zero-order valence-electron chi connectivity index (χ0n) is 11.2. The molecule has 17 heavy (non-hydrogen) atoms. The van der Waals surface area contributed by atoms with Crippen molar-refractivity contribution < 1.29 is 19.8 Å². The van der Waals surface area contributed by atoms with Gasteiger partial charge in [-0.05, 0) is 40.0 Å². The summed E-state index contributed by atoms with van der Waals surface area (Å²) in [5, 5.41) is 18.3. The van der Waals surface area contributed by atoms with Crippen LogP contribution in [0.15, 0.2) is 0 Å². The lowest BCUT2D eigenvalue weighted by Gasteiger charge is -2.28. The third-order valence-electron chi connectivity index (χ3n) is 3.48. The van der Waals surface area contributed by atoms with Gasteiger partial charge in [-0.2, -0.15) is 0 Å². The Kier molecular flexibility index (Phi) is 5.66. The fraction of sp³-hybridized carbons (Fsp3) is 0.846. The van der Waals surface area contributed by atoms with E-state index >= 15 is 0 Å². The number of rotatable bonds is 8. The summed E-state index contributed by atoms with van der Waals surface area (Å²) in [5.41, 5.74) is -1.66. The van der Waals surface area contributed by atoms with E-state index < -0.39 is 22.8 Å². The normalized spacial score (nSPS) is 15.3. The predicted octanol–water partition coefficient (Wildman–Crippen LogP) is 3.16. The van der Waals surface area contributed by atoms with Gasteiger partial charge in [0, 0.05) is 0 Å². The van der Waals surface area contributed by atoms with Gasteiger partial charge in [0.05, 0.1) is 10.8 Å². The molecule has 2 N–H and O–H groups in total. The van der Waals surface area contributed by atoms with E-state index in [4.69, 9.17) is 5.11 Å². The molecular formula is C13H24O4. The van der Waals surface area contributed by atoms with E-state index in [1.54, 1.807) is 20.8 Å². The van der Waals surface area contributed by atoms with E-state index in [9.17, 15) is 14.7 Å². The van der Waals surface area contributed by atoms with Crippen molar-refractivity contribution in [3.63, 3.8) is 0 Å². The topological polar surface area (TPSA) is 74.6 Å². The number of unbranched alkanes of at least 4 members (excludes halogenated alkanes) is 1. The summed E-state index contributed by atoms with van der Waals surface area (Å²) < 4.78 is 0. The monoisotopic (exact) mass is 244 g/mol. The minimum atomic E-state index is -0.874. The Labute approximate surface area is 103 Å². The SMILES string of the molecule is CCCCC(C)(CCC(C)(C)C(=O)O)C(=O)O. The summed E-state index contributed by atoms with van der Waals surface area (Å²) in [6.07, 6.45) is 3.20. The Balaban J connectivity index is 4.57. The maximum Gasteiger partial charge on any atom is 0.309 e. The van der Waals surface area contributed by atoms with Crippen LogP contribution in [0.4, 0.5) is 0 Å². The van der Waals surface area contributed by atoms with E-state index in [1.165, 1.54) is 0 Å². The van der Waals surface area contributed by atoms with Crippen LogP contribution in [0.3, 0.4) is 0 Å². The molecule has 4 nitrogen and oxygen atoms in total. The van der Waals surface area contributed by atoms with Crippen LogP contribution in [0.25, 0.3) is 0 Å². The van der Waals surface area contributed by atoms with E-state index in [2.05, 4.69) is 0 Å². The average molecular weight is 244 g/mol. The molecule has 0 radical (unpaired) electrons. The van der Waals surface area contributed by atoms with Gasteiger partial charge in [-0.15, -0.1) is 0 Å². The molecule has 0 aromatic heterocycles. The van der Waals surface area contributed by atoms with Gasteiger partial charge in [-0.1, -0.05) is 19.8 Å². The molecule has 0 aromatic rings. The molecule has 0 spiro atoms. The molecule has 0 aromatic carbocycles. The fourth-order valence-corrected chi connectivity index (χ4v) is 1.60. The molecule has 0 amide bonds. The maximum absolute atomic E-state index is 11.3. The first-order chi connectivity index (χ1) is 7.65. The molecule has 0 aliphatic heterocycles. The lowest BCUT2D eigenvalue weighted by Crippen LogP contribution is -2.32. The Morgan fingerprint density at radius 3 is 1.82 bits per heavy atom. The van der Waals surface area contributed by atoms with E-state index in [-0.39, 0.29) is 0 Å². The van der Waals surface area contributed by atoms with Crippen molar-refractivity contribution in [1.29, 1.82) is 0 Å². The number of aliphatic carboxylic acids is 2. The second-order valence-electron chi connectivity index (χ2n) is 5.66. The van der Waals surface area contributed by atoms with Crippen molar-refractivity contribution in [2.24, 2.45) is 10.8 Å². The smallest absolute Gasteiger partial charge is 0.309 e. The second-order valence-corrected chi connectivity index (χ2v) is 5.66. The van der Waals surface area contributed by atoms with E-state index in [1.807, 2.05) is 6.92 Å². The second kappa shape index (κ2) is 6.03. The highest BCUT2D eigenvalue weighted by Crippen LogP contribution is 2.35. The minimum Gasteiger partial charge on any atom is -0.481 e. The van der Waals surface area contributed by atoms with Gasteiger partial charge in [0.2, 0.25) is 0 Å². The van der Waals surface area contributed by atoms with Crippen molar-refractivity contribution in [3.8, 4) is 0 Å². The predicted molar refractivity (Wildman–Crippen MR) is 65.9 cm³/mol. The number of hydrogen-bond donors (Lipinski definition) is 2. The number of carbonyl (C=O) groups is 2. The van der Waals surface area contributed by atoms with Crippen molar-refractivity contribution in [1.82, 2.24) is 0 Å². The van der Waals surface area contributed by atoms with Crippen LogP contribution < -0.4 is 0 Å². The minimum absolute atomic E-state index is 0.384. The number of hydrogen-bond acceptors (Lipinski definition) is 2. The molecule has 0 bridgehead atoms.